The van der Waals surface area contributed by atoms with Gasteiger partial charge in [-0.3, -0.25) is 13.4 Å². The van der Waals surface area contributed by atoms with E-state index in [0.717, 1.165) is 17.9 Å². The lowest BCUT2D eigenvalue weighted by atomic mass is 9.85. The van der Waals surface area contributed by atoms with E-state index >= 15 is 0 Å². The SMILES string of the molecule is Oc1cc([CH]CCC2CCCCC2)ccc1N1CC(O)NS1(O)O. The lowest BCUT2D eigenvalue weighted by Crippen LogP contribution is -2.25. The second-order valence-electron chi connectivity index (χ2n) is 6.75. The molecule has 1 aliphatic heterocycles. The van der Waals surface area contributed by atoms with Crippen LogP contribution in [0, 0.1) is 12.3 Å². The van der Waals surface area contributed by atoms with Crippen LogP contribution in [0.5, 0.6) is 5.75 Å². The van der Waals surface area contributed by atoms with Crippen LogP contribution in [0.1, 0.15) is 50.5 Å². The van der Waals surface area contributed by atoms with Crippen molar-refractivity contribution >= 4 is 16.6 Å². The number of nitrogens with one attached hydrogen (secondary N) is 1. The van der Waals surface area contributed by atoms with E-state index in [1.54, 1.807) is 12.1 Å². The van der Waals surface area contributed by atoms with Gasteiger partial charge in [0.1, 0.15) is 17.7 Å². The molecule has 1 aromatic rings. The maximum absolute atomic E-state index is 10.2. The molecule has 1 saturated carbocycles. The Labute approximate surface area is 145 Å². The topological polar surface area (TPSA) is 96.2 Å². The summed E-state index contributed by atoms with van der Waals surface area (Å²) in [6, 6.07) is 5.16. The molecule has 1 saturated heterocycles. The highest BCUT2D eigenvalue weighted by atomic mass is 32.3. The van der Waals surface area contributed by atoms with Gasteiger partial charge in [-0.15, -0.1) is 0 Å². The molecule has 1 aromatic carbocycles. The predicted molar refractivity (Wildman–Crippen MR) is 96.7 cm³/mol. The summed E-state index contributed by atoms with van der Waals surface area (Å²) in [5.74, 6) is 0.810. The molecule has 0 spiro atoms. The Kier molecular flexibility index (Phi) is 5.56. The van der Waals surface area contributed by atoms with Crippen LogP contribution in [-0.4, -0.2) is 32.1 Å². The van der Waals surface area contributed by atoms with Gasteiger partial charge in [-0.1, -0.05) is 49.1 Å². The zero-order chi connectivity index (χ0) is 17.2. The highest BCUT2D eigenvalue weighted by molar-refractivity contribution is 8.24. The van der Waals surface area contributed by atoms with Crippen molar-refractivity contribution in [2.75, 3.05) is 10.8 Å². The number of β-amino-alcohol motifs (C(OH)–C–C–N with tert-alkyl or cyclic N) is 1. The van der Waals surface area contributed by atoms with Crippen molar-refractivity contribution in [3.63, 3.8) is 0 Å². The second kappa shape index (κ2) is 7.49. The highest BCUT2D eigenvalue weighted by Gasteiger charge is 2.36. The summed E-state index contributed by atoms with van der Waals surface area (Å²) in [7, 11) is -3.29. The van der Waals surface area contributed by atoms with E-state index < -0.39 is 17.2 Å². The zero-order valence-corrected chi connectivity index (χ0v) is 14.6. The molecule has 6 nitrogen and oxygen atoms in total. The molecule has 7 heteroatoms. The monoisotopic (exact) mass is 355 g/mol. The van der Waals surface area contributed by atoms with Crippen molar-refractivity contribution in [3.8, 4) is 5.75 Å². The van der Waals surface area contributed by atoms with Gasteiger partial charge >= 0.3 is 0 Å². The maximum atomic E-state index is 10.2. The minimum Gasteiger partial charge on any atom is -0.506 e. The maximum Gasteiger partial charge on any atom is 0.142 e. The van der Waals surface area contributed by atoms with Crippen LogP contribution in [0.25, 0.3) is 0 Å². The van der Waals surface area contributed by atoms with Gasteiger partial charge in [0.15, 0.2) is 0 Å². The smallest absolute Gasteiger partial charge is 0.142 e. The van der Waals surface area contributed by atoms with E-state index in [-0.39, 0.29) is 12.3 Å². The fourth-order valence-electron chi connectivity index (χ4n) is 3.62. The molecular formula is C17H27N2O4S. The van der Waals surface area contributed by atoms with Gasteiger partial charge < -0.3 is 10.2 Å². The number of anilines is 1. The van der Waals surface area contributed by atoms with Crippen molar-refractivity contribution in [1.82, 2.24) is 4.72 Å². The zero-order valence-electron chi connectivity index (χ0n) is 13.8. The first-order chi connectivity index (χ1) is 11.5. The Hall–Kier alpha value is -0.990. The molecule has 1 atom stereocenters. The molecule has 1 heterocycles. The fourth-order valence-corrected chi connectivity index (χ4v) is 4.96. The minimum absolute atomic E-state index is 0.0145. The minimum atomic E-state index is -3.29. The molecule has 24 heavy (non-hydrogen) atoms. The lowest BCUT2D eigenvalue weighted by Gasteiger charge is -2.36. The number of nitrogens with zero attached hydrogens (tertiary/aromatic N) is 1. The molecule has 0 amide bonds. The Morgan fingerprint density at radius 2 is 1.96 bits per heavy atom. The normalized spacial score (nSPS) is 25.8. The molecule has 0 bridgehead atoms. The first-order valence-electron chi connectivity index (χ1n) is 8.63. The summed E-state index contributed by atoms with van der Waals surface area (Å²) in [4.78, 5) is 0. The van der Waals surface area contributed by atoms with Crippen molar-refractivity contribution < 1.29 is 19.3 Å². The summed E-state index contributed by atoms with van der Waals surface area (Å²) in [6.07, 6.45) is 10.00. The van der Waals surface area contributed by atoms with Gasteiger partial charge in [0.25, 0.3) is 0 Å². The van der Waals surface area contributed by atoms with Crippen LogP contribution >= 0.6 is 11.0 Å². The van der Waals surface area contributed by atoms with Gasteiger partial charge in [0.2, 0.25) is 0 Å². The van der Waals surface area contributed by atoms with Crippen LogP contribution in [0.3, 0.4) is 0 Å². The van der Waals surface area contributed by atoms with Gasteiger partial charge in [0, 0.05) is 0 Å². The molecule has 1 aliphatic carbocycles. The standard InChI is InChI=1S/C17H27N2O4S/c20-16-11-14(8-4-7-13-5-2-1-3-6-13)9-10-15(16)19-12-17(21)18-24(19,22)23/h8-11,13,17-18,20-23H,1-7,12H2. The van der Waals surface area contributed by atoms with E-state index in [1.807, 2.05) is 6.07 Å². The molecule has 135 valence electrons. The number of aliphatic hydroxyl groups excluding tert-OH is 1. The Bertz CT molecular complexity index is 564. The van der Waals surface area contributed by atoms with Crippen LogP contribution < -0.4 is 9.03 Å². The highest BCUT2D eigenvalue weighted by Crippen LogP contribution is 2.49. The first kappa shape index (κ1) is 17.8. The quantitative estimate of drug-likeness (QED) is 0.554. The van der Waals surface area contributed by atoms with E-state index in [2.05, 4.69) is 11.1 Å². The molecule has 1 radical (unpaired) electrons. The summed E-state index contributed by atoms with van der Waals surface area (Å²) >= 11 is 0. The van der Waals surface area contributed by atoms with Crippen LogP contribution in [0.4, 0.5) is 5.69 Å². The summed E-state index contributed by atoms with van der Waals surface area (Å²) < 4.78 is 23.4. The van der Waals surface area contributed by atoms with Gasteiger partial charge in [-0.05, 0) is 42.9 Å². The van der Waals surface area contributed by atoms with Crippen LogP contribution in [-0.2, 0) is 0 Å². The molecule has 3 rings (SSSR count). The third kappa shape index (κ3) is 4.15. The van der Waals surface area contributed by atoms with Gasteiger partial charge in [-0.2, -0.15) is 4.72 Å². The third-order valence-electron chi connectivity index (χ3n) is 4.89. The fraction of sp³-hybridized carbons (Fsp3) is 0.588. The number of phenols is 1. The molecule has 1 unspecified atom stereocenters. The molecule has 0 aromatic heterocycles. The predicted octanol–water partition coefficient (Wildman–Crippen LogP) is 3.61. The average Bonchev–Trinajstić information content (AvgIpc) is 2.81. The van der Waals surface area contributed by atoms with Crippen LogP contribution in [0.2, 0.25) is 0 Å². The van der Waals surface area contributed by atoms with E-state index in [4.69, 9.17) is 0 Å². The van der Waals surface area contributed by atoms with E-state index in [1.165, 1.54) is 42.8 Å². The third-order valence-corrected chi connectivity index (χ3v) is 6.44. The molecular weight excluding hydrogens is 328 g/mol. The summed E-state index contributed by atoms with van der Waals surface area (Å²) in [5, 5.41) is 19.8. The van der Waals surface area contributed by atoms with Crippen molar-refractivity contribution in [3.05, 3.63) is 30.2 Å². The Morgan fingerprint density at radius 3 is 2.58 bits per heavy atom. The lowest BCUT2D eigenvalue weighted by molar-refractivity contribution is 0.182. The molecule has 2 fully saturated rings. The second-order valence-corrected chi connectivity index (χ2v) is 8.46. The summed E-state index contributed by atoms with van der Waals surface area (Å²) in [6.45, 7) is 0.0145. The first-order valence-corrected chi connectivity index (χ1v) is 10.1. The van der Waals surface area contributed by atoms with E-state index in [0.29, 0.717) is 5.69 Å². The number of rotatable bonds is 5. The van der Waals surface area contributed by atoms with E-state index in [9.17, 15) is 19.3 Å². The van der Waals surface area contributed by atoms with Crippen molar-refractivity contribution in [2.45, 2.75) is 51.2 Å². The molecule has 5 N–H and O–H groups in total. The van der Waals surface area contributed by atoms with Gasteiger partial charge in [-0.25, -0.2) is 0 Å². The number of benzene rings is 1. The van der Waals surface area contributed by atoms with Crippen LogP contribution in [0.15, 0.2) is 18.2 Å². The number of hydrogen-bond acceptors (Lipinski definition) is 6. The summed E-state index contributed by atoms with van der Waals surface area (Å²) in [5.41, 5.74) is 1.24. The number of aliphatic hydroxyl groups is 1. The largest absolute Gasteiger partial charge is 0.506 e. The van der Waals surface area contributed by atoms with Gasteiger partial charge in [0.05, 0.1) is 6.54 Å². The number of hydrogen-bond donors (Lipinski definition) is 5. The average molecular weight is 355 g/mol. The number of aromatic hydroxyl groups is 1. The molecule has 2 aliphatic rings. The van der Waals surface area contributed by atoms with Crippen molar-refractivity contribution in [2.24, 2.45) is 5.92 Å². The number of phenolic OH excluding ortho intramolecular Hbond substituents is 1. The Balaban J connectivity index is 1.58. The Morgan fingerprint density at radius 1 is 1.21 bits per heavy atom. The van der Waals surface area contributed by atoms with Crippen molar-refractivity contribution in [1.29, 1.82) is 0 Å².